The first-order chi connectivity index (χ1) is 9.56. The number of halogens is 1. The van der Waals surface area contributed by atoms with E-state index < -0.39 is 0 Å². The van der Waals surface area contributed by atoms with Gasteiger partial charge >= 0.3 is 0 Å². The summed E-state index contributed by atoms with van der Waals surface area (Å²) in [4.78, 5) is 16.3. The van der Waals surface area contributed by atoms with Crippen molar-refractivity contribution in [3.05, 3.63) is 40.9 Å². The third kappa shape index (κ3) is 3.77. The Bertz CT molecular complexity index is 582. The highest BCUT2D eigenvalue weighted by molar-refractivity contribution is 6.29. The zero-order valence-electron chi connectivity index (χ0n) is 11.4. The van der Waals surface area contributed by atoms with Gasteiger partial charge in [-0.2, -0.15) is 0 Å². The number of aromatic nitrogens is 4. The molecule has 0 saturated heterocycles. The predicted molar refractivity (Wildman–Crippen MR) is 75.7 cm³/mol. The van der Waals surface area contributed by atoms with Gasteiger partial charge in [0.05, 0.1) is 12.7 Å². The molecule has 0 atom stereocenters. The molecule has 6 nitrogen and oxygen atoms in total. The van der Waals surface area contributed by atoms with E-state index in [1.165, 1.54) is 0 Å². The lowest BCUT2D eigenvalue weighted by molar-refractivity contribution is 0.0951. The molecule has 2 aromatic heterocycles. The third-order valence-corrected chi connectivity index (χ3v) is 2.96. The molecule has 0 aliphatic heterocycles. The number of rotatable bonds is 5. The minimum absolute atomic E-state index is 0.170. The summed E-state index contributed by atoms with van der Waals surface area (Å²) < 4.78 is 1.65. The normalized spacial score (nSPS) is 10.8. The first kappa shape index (κ1) is 14.5. The Morgan fingerprint density at radius 1 is 1.45 bits per heavy atom. The molecule has 0 aliphatic rings. The van der Waals surface area contributed by atoms with Gasteiger partial charge in [-0.3, -0.25) is 9.48 Å². The minimum atomic E-state index is -0.170. The van der Waals surface area contributed by atoms with Gasteiger partial charge < -0.3 is 5.32 Å². The smallest absolute Gasteiger partial charge is 0.251 e. The Labute approximate surface area is 122 Å². The number of nitrogens with one attached hydrogen (secondary N) is 1. The quantitative estimate of drug-likeness (QED) is 0.854. The summed E-state index contributed by atoms with van der Waals surface area (Å²) >= 11 is 5.94. The molecule has 106 valence electrons. The zero-order valence-corrected chi connectivity index (χ0v) is 12.1. The number of hydrogen-bond donors (Lipinski definition) is 1. The molecule has 2 aromatic rings. The van der Waals surface area contributed by atoms with E-state index in [2.05, 4.69) is 20.6 Å². The van der Waals surface area contributed by atoms with E-state index in [9.17, 15) is 4.79 Å². The number of hydrogen-bond acceptors (Lipinski definition) is 4. The largest absolute Gasteiger partial charge is 0.350 e. The predicted octanol–water partition coefficient (Wildman–Crippen LogP) is 1.88. The Kier molecular flexibility index (Phi) is 4.68. The molecular formula is C13H16ClN5O. The van der Waals surface area contributed by atoms with Gasteiger partial charge in [0.25, 0.3) is 5.91 Å². The van der Waals surface area contributed by atoms with Crippen LogP contribution < -0.4 is 5.32 Å². The van der Waals surface area contributed by atoms with Crippen LogP contribution in [0.4, 0.5) is 0 Å². The van der Waals surface area contributed by atoms with Crippen molar-refractivity contribution < 1.29 is 4.79 Å². The summed E-state index contributed by atoms with van der Waals surface area (Å²) in [6.45, 7) is 5.05. The average molecular weight is 294 g/mol. The van der Waals surface area contributed by atoms with Crippen molar-refractivity contribution in [1.82, 2.24) is 25.3 Å². The third-order valence-electron chi connectivity index (χ3n) is 2.77. The van der Waals surface area contributed by atoms with Crippen LogP contribution in [0.5, 0.6) is 0 Å². The van der Waals surface area contributed by atoms with E-state index in [0.717, 1.165) is 5.69 Å². The summed E-state index contributed by atoms with van der Waals surface area (Å²) in [6, 6.07) is 3.33. The Morgan fingerprint density at radius 3 is 2.90 bits per heavy atom. The van der Waals surface area contributed by atoms with Gasteiger partial charge in [-0.1, -0.05) is 30.7 Å². The van der Waals surface area contributed by atoms with E-state index in [-0.39, 0.29) is 11.8 Å². The van der Waals surface area contributed by atoms with E-state index in [1.54, 1.807) is 29.2 Å². The van der Waals surface area contributed by atoms with Crippen molar-refractivity contribution in [2.24, 2.45) is 0 Å². The van der Waals surface area contributed by atoms with Crippen molar-refractivity contribution in [3.8, 4) is 0 Å². The second-order valence-corrected chi connectivity index (χ2v) is 5.07. The minimum Gasteiger partial charge on any atom is -0.350 e. The van der Waals surface area contributed by atoms with Crippen molar-refractivity contribution in [1.29, 1.82) is 0 Å². The fourth-order valence-electron chi connectivity index (χ4n) is 1.68. The van der Waals surface area contributed by atoms with E-state index >= 15 is 0 Å². The molecule has 1 N–H and O–H groups in total. The Hall–Kier alpha value is -1.95. The molecule has 2 rings (SSSR count). The van der Waals surface area contributed by atoms with Gasteiger partial charge in [-0.05, 0) is 18.1 Å². The first-order valence-electron chi connectivity index (χ1n) is 6.36. The van der Waals surface area contributed by atoms with E-state index in [1.807, 2.05) is 13.8 Å². The molecule has 0 aromatic carbocycles. The van der Waals surface area contributed by atoms with Crippen LogP contribution in [0.25, 0.3) is 0 Å². The molecule has 20 heavy (non-hydrogen) atoms. The molecular weight excluding hydrogens is 278 g/mol. The lowest BCUT2D eigenvalue weighted by Gasteiger charge is -2.09. The maximum atomic E-state index is 12.1. The van der Waals surface area contributed by atoms with Crippen molar-refractivity contribution >= 4 is 17.5 Å². The highest BCUT2D eigenvalue weighted by Crippen LogP contribution is 2.17. The summed E-state index contributed by atoms with van der Waals surface area (Å²) in [6.07, 6.45) is 3.34. The van der Waals surface area contributed by atoms with Crippen molar-refractivity contribution in [2.45, 2.75) is 26.3 Å². The van der Waals surface area contributed by atoms with Crippen LogP contribution in [0, 0.1) is 0 Å². The van der Waals surface area contributed by atoms with Crippen LogP contribution in [0.15, 0.2) is 24.5 Å². The summed E-state index contributed by atoms with van der Waals surface area (Å²) in [5.41, 5.74) is 1.33. The number of amides is 1. The highest BCUT2D eigenvalue weighted by Gasteiger charge is 2.10. The van der Waals surface area contributed by atoms with Crippen LogP contribution in [0.1, 0.15) is 35.8 Å². The van der Waals surface area contributed by atoms with Gasteiger partial charge in [-0.15, -0.1) is 5.10 Å². The highest BCUT2D eigenvalue weighted by atomic mass is 35.5. The Morgan fingerprint density at radius 2 is 2.25 bits per heavy atom. The molecule has 0 radical (unpaired) electrons. The average Bonchev–Trinajstić information content (AvgIpc) is 2.91. The van der Waals surface area contributed by atoms with Crippen LogP contribution in [0.2, 0.25) is 5.15 Å². The summed E-state index contributed by atoms with van der Waals surface area (Å²) in [5.74, 6) is 0.0479. The molecule has 0 fully saturated rings. The molecule has 1 amide bonds. The van der Waals surface area contributed by atoms with Gasteiger partial charge in [-0.25, -0.2) is 4.98 Å². The lowest BCUT2D eigenvalue weighted by atomic mass is 10.1. The van der Waals surface area contributed by atoms with E-state index in [0.29, 0.717) is 23.8 Å². The zero-order chi connectivity index (χ0) is 14.5. The molecule has 0 spiro atoms. The van der Waals surface area contributed by atoms with Crippen LogP contribution in [-0.2, 0) is 6.54 Å². The van der Waals surface area contributed by atoms with Crippen LogP contribution in [0.3, 0.4) is 0 Å². The van der Waals surface area contributed by atoms with E-state index in [4.69, 9.17) is 11.6 Å². The number of pyridine rings is 1. The summed E-state index contributed by atoms with van der Waals surface area (Å²) in [7, 11) is 0. The second kappa shape index (κ2) is 6.47. The maximum Gasteiger partial charge on any atom is 0.251 e. The number of nitrogens with zero attached hydrogens (tertiary/aromatic N) is 4. The Balaban J connectivity index is 1.98. The maximum absolute atomic E-state index is 12.1. The molecule has 2 heterocycles. The lowest BCUT2D eigenvalue weighted by Crippen LogP contribution is -2.27. The van der Waals surface area contributed by atoms with Crippen LogP contribution >= 0.6 is 11.6 Å². The number of carbonyl (C=O) groups excluding carboxylic acids is 1. The fraction of sp³-hybridized carbons (Fsp3) is 0.385. The summed E-state index contributed by atoms with van der Waals surface area (Å²) in [5, 5.41) is 10.7. The molecule has 0 saturated carbocycles. The van der Waals surface area contributed by atoms with Gasteiger partial charge in [0, 0.05) is 24.0 Å². The standard InChI is InChI=1S/C13H16ClN5O/c1-9(2)11-7-10(8-12(14)17-11)13(20)15-3-5-19-6-4-16-18-19/h4,6-9H,3,5H2,1-2H3,(H,15,20). The van der Waals surface area contributed by atoms with Crippen molar-refractivity contribution in [2.75, 3.05) is 6.54 Å². The van der Waals surface area contributed by atoms with Crippen molar-refractivity contribution in [3.63, 3.8) is 0 Å². The van der Waals surface area contributed by atoms with Gasteiger partial charge in [0.1, 0.15) is 5.15 Å². The molecule has 0 unspecified atom stereocenters. The molecule has 7 heteroatoms. The fourth-order valence-corrected chi connectivity index (χ4v) is 1.90. The SMILES string of the molecule is CC(C)c1cc(C(=O)NCCn2ccnn2)cc(Cl)n1. The molecule has 0 bridgehead atoms. The second-order valence-electron chi connectivity index (χ2n) is 4.68. The number of carbonyl (C=O) groups is 1. The van der Waals surface area contributed by atoms with Gasteiger partial charge in [0.2, 0.25) is 0 Å². The first-order valence-corrected chi connectivity index (χ1v) is 6.74. The molecule has 0 aliphatic carbocycles. The van der Waals surface area contributed by atoms with Crippen LogP contribution in [-0.4, -0.2) is 32.4 Å². The monoisotopic (exact) mass is 293 g/mol. The van der Waals surface area contributed by atoms with Gasteiger partial charge in [0.15, 0.2) is 0 Å². The topological polar surface area (TPSA) is 72.7 Å².